The van der Waals surface area contributed by atoms with Crippen molar-refractivity contribution in [1.82, 2.24) is 0 Å². The van der Waals surface area contributed by atoms with Crippen LogP contribution in [0.15, 0.2) is 146 Å². The zero-order valence-electron chi connectivity index (χ0n) is 20.9. The molecule has 8 rings (SSSR count). The minimum atomic E-state index is 1.25. The molecule has 0 aliphatic heterocycles. The molecule has 0 atom stereocenters. The molecule has 0 aromatic heterocycles. The molecule has 0 amide bonds. The SMILES string of the molecule is c1ccc(-c2c3ccccc3cc3c(-c4cccc5c4ccc4cc6ccccc6cc45)cccc23)cc1. The van der Waals surface area contributed by atoms with Crippen LogP contribution in [0.25, 0.3) is 76.1 Å². The maximum atomic E-state index is 2.37. The third-order valence-electron chi connectivity index (χ3n) is 8.00. The lowest BCUT2D eigenvalue weighted by molar-refractivity contribution is 1.66. The van der Waals surface area contributed by atoms with Gasteiger partial charge in [0.1, 0.15) is 0 Å². The Morgan fingerprint density at radius 1 is 0.263 bits per heavy atom. The Bertz CT molecular complexity index is 2170. The molecular formula is C38H24. The Kier molecular flexibility index (Phi) is 4.62. The maximum absolute atomic E-state index is 2.37. The van der Waals surface area contributed by atoms with Gasteiger partial charge in [-0.05, 0) is 94.3 Å². The van der Waals surface area contributed by atoms with Gasteiger partial charge in [0.2, 0.25) is 0 Å². The van der Waals surface area contributed by atoms with E-state index in [1.54, 1.807) is 0 Å². The van der Waals surface area contributed by atoms with E-state index in [1.165, 1.54) is 76.1 Å². The van der Waals surface area contributed by atoms with Crippen LogP contribution in [0.4, 0.5) is 0 Å². The Balaban J connectivity index is 1.47. The topological polar surface area (TPSA) is 0 Å². The maximum Gasteiger partial charge on any atom is -0.00266 e. The van der Waals surface area contributed by atoms with Crippen molar-refractivity contribution in [3.8, 4) is 22.3 Å². The van der Waals surface area contributed by atoms with Gasteiger partial charge in [-0.2, -0.15) is 0 Å². The molecule has 0 spiro atoms. The molecule has 0 aliphatic rings. The average Bonchev–Trinajstić information content (AvgIpc) is 2.98. The van der Waals surface area contributed by atoms with Crippen molar-refractivity contribution in [3.63, 3.8) is 0 Å². The lowest BCUT2D eigenvalue weighted by Crippen LogP contribution is -1.89. The molecule has 176 valence electrons. The standard InChI is InChI=1S/C38H24/c1-2-10-25(11-3-1)38-30-15-7-6-14-28(30)24-37-33(18-9-19-35(37)38)31-16-8-17-32-34(31)21-20-29-22-26-12-4-5-13-27(26)23-36(29)32/h1-24H. The molecule has 8 aromatic rings. The first-order chi connectivity index (χ1) is 18.8. The van der Waals surface area contributed by atoms with Crippen molar-refractivity contribution >= 4 is 53.9 Å². The van der Waals surface area contributed by atoms with E-state index in [-0.39, 0.29) is 0 Å². The Labute approximate surface area is 221 Å². The van der Waals surface area contributed by atoms with Crippen molar-refractivity contribution in [2.45, 2.75) is 0 Å². The second-order valence-corrected chi connectivity index (χ2v) is 10.1. The Morgan fingerprint density at radius 3 is 1.66 bits per heavy atom. The third-order valence-corrected chi connectivity index (χ3v) is 8.00. The second-order valence-electron chi connectivity index (χ2n) is 10.1. The summed E-state index contributed by atoms with van der Waals surface area (Å²) in [4.78, 5) is 0. The van der Waals surface area contributed by atoms with E-state index < -0.39 is 0 Å². The van der Waals surface area contributed by atoms with E-state index in [1.807, 2.05) is 0 Å². The van der Waals surface area contributed by atoms with Crippen molar-refractivity contribution in [3.05, 3.63) is 146 Å². The van der Waals surface area contributed by atoms with Gasteiger partial charge in [0.05, 0.1) is 0 Å². The van der Waals surface area contributed by atoms with Gasteiger partial charge in [0, 0.05) is 0 Å². The molecule has 0 nitrogen and oxygen atoms in total. The largest absolute Gasteiger partial charge is 0.0622 e. The van der Waals surface area contributed by atoms with Crippen LogP contribution in [0.3, 0.4) is 0 Å². The summed E-state index contributed by atoms with van der Waals surface area (Å²) in [6.45, 7) is 0. The van der Waals surface area contributed by atoms with Crippen LogP contribution in [-0.4, -0.2) is 0 Å². The van der Waals surface area contributed by atoms with E-state index in [0.717, 1.165) is 0 Å². The van der Waals surface area contributed by atoms with Gasteiger partial charge in [0.15, 0.2) is 0 Å². The molecule has 0 heterocycles. The van der Waals surface area contributed by atoms with E-state index in [0.29, 0.717) is 0 Å². The second kappa shape index (κ2) is 8.30. The van der Waals surface area contributed by atoms with Crippen LogP contribution in [-0.2, 0) is 0 Å². The lowest BCUT2D eigenvalue weighted by Gasteiger charge is -2.16. The summed E-state index contributed by atoms with van der Waals surface area (Å²) < 4.78 is 0. The van der Waals surface area contributed by atoms with Gasteiger partial charge in [-0.25, -0.2) is 0 Å². The molecule has 38 heavy (non-hydrogen) atoms. The van der Waals surface area contributed by atoms with Crippen molar-refractivity contribution < 1.29 is 0 Å². The summed E-state index contributed by atoms with van der Waals surface area (Å²) in [6, 6.07) is 53.4. The predicted octanol–water partition coefficient (Wildman–Crippen LogP) is 10.8. The summed E-state index contributed by atoms with van der Waals surface area (Å²) in [5.74, 6) is 0. The fourth-order valence-corrected chi connectivity index (χ4v) is 6.26. The number of rotatable bonds is 2. The number of hydrogen-bond donors (Lipinski definition) is 0. The van der Waals surface area contributed by atoms with Crippen LogP contribution in [0, 0.1) is 0 Å². The minimum absolute atomic E-state index is 1.25. The molecule has 0 unspecified atom stereocenters. The van der Waals surface area contributed by atoms with Crippen molar-refractivity contribution in [2.75, 3.05) is 0 Å². The molecule has 0 heteroatoms. The van der Waals surface area contributed by atoms with E-state index in [4.69, 9.17) is 0 Å². The zero-order valence-corrected chi connectivity index (χ0v) is 20.9. The van der Waals surface area contributed by atoms with Crippen LogP contribution >= 0.6 is 0 Å². The molecular weight excluding hydrogens is 456 g/mol. The molecule has 0 bridgehead atoms. The van der Waals surface area contributed by atoms with Crippen molar-refractivity contribution in [2.24, 2.45) is 0 Å². The molecule has 0 saturated heterocycles. The first kappa shape index (κ1) is 21.2. The number of fused-ring (bicyclic) bond motifs is 6. The number of benzene rings is 8. The van der Waals surface area contributed by atoms with Gasteiger partial charge in [-0.3, -0.25) is 0 Å². The minimum Gasteiger partial charge on any atom is -0.0622 e. The van der Waals surface area contributed by atoms with Gasteiger partial charge >= 0.3 is 0 Å². The summed E-state index contributed by atoms with van der Waals surface area (Å²) in [6.07, 6.45) is 0. The molecule has 0 radical (unpaired) electrons. The predicted molar refractivity (Wildman–Crippen MR) is 165 cm³/mol. The molecule has 8 aromatic carbocycles. The highest BCUT2D eigenvalue weighted by atomic mass is 14.2. The normalized spacial score (nSPS) is 11.7. The van der Waals surface area contributed by atoms with Gasteiger partial charge in [0.25, 0.3) is 0 Å². The van der Waals surface area contributed by atoms with E-state index in [2.05, 4.69) is 146 Å². The summed E-state index contributed by atoms with van der Waals surface area (Å²) in [7, 11) is 0. The van der Waals surface area contributed by atoms with Crippen LogP contribution < -0.4 is 0 Å². The highest BCUT2D eigenvalue weighted by molar-refractivity contribution is 6.20. The first-order valence-corrected chi connectivity index (χ1v) is 13.2. The summed E-state index contributed by atoms with van der Waals surface area (Å²) in [5.41, 5.74) is 5.11. The monoisotopic (exact) mass is 480 g/mol. The average molecular weight is 481 g/mol. The molecule has 0 saturated carbocycles. The Hall–Kier alpha value is -4.94. The van der Waals surface area contributed by atoms with E-state index >= 15 is 0 Å². The van der Waals surface area contributed by atoms with Gasteiger partial charge in [-0.15, -0.1) is 0 Å². The lowest BCUT2D eigenvalue weighted by atomic mass is 9.87. The quantitative estimate of drug-likeness (QED) is 0.170. The summed E-state index contributed by atoms with van der Waals surface area (Å²) in [5, 5.41) is 12.9. The van der Waals surface area contributed by atoms with Crippen LogP contribution in [0.2, 0.25) is 0 Å². The smallest absolute Gasteiger partial charge is 0.00266 e. The van der Waals surface area contributed by atoms with Crippen LogP contribution in [0.1, 0.15) is 0 Å². The van der Waals surface area contributed by atoms with E-state index in [9.17, 15) is 0 Å². The highest BCUT2D eigenvalue weighted by Gasteiger charge is 2.15. The fraction of sp³-hybridized carbons (Fsp3) is 0. The first-order valence-electron chi connectivity index (χ1n) is 13.2. The Morgan fingerprint density at radius 2 is 0.842 bits per heavy atom. The molecule has 0 N–H and O–H groups in total. The highest BCUT2D eigenvalue weighted by Crippen LogP contribution is 2.42. The fourth-order valence-electron chi connectivity index (χ4n) is 6.26. The van der Waals surface area contributed by atoms with Crippen molar-refractivity contribution in [1.29, 1.82) is 0 Å². The van der Waals surface area contributed by atoms with Gasteiger partial charge < -0.3 is 0 Å². The summed E-state index contributed by atoms with van der Waals surface area (Å²) >= 11 is 0. The van der Waals surface area contributed by atoms with Gasteiger partial charge in [-0.1, -0.05) is 127 Å². The molecule has 0 aliphatic carbocycles. The van der Waals surface area contributed by atoms with Crippen LogP contribution in [0.5, 0.6) is 0 Å². The third kappa shape index (κ3) is 3.17. The number of hydrogen-bond acceptors (Lipinski definition) is 0. The zero-order chi connectivity index (χ0) is 25.1. The molecule has 0 fully saturated rings.